The van der Waals surface area contributed by atoms with Gasteiger partial charge < -0.3 is 15.2 Å². The molecule has 2 N–H and O–H groups in total. The van der Waals surface area contributed by atoms with E-state index < -0.39 is 0 Å². The molecule has 0 aliphatic heterocycles. The zero-order valence-corrected chi connectivity index (χ0v) is 8.21. The van der Waals surface area contributed by atoms with Gasteiger partial charge in [-0.25, -0.2) is 4.79 Å². The molecule has 1 amide bonds. The van der Waals surface area contributed by atoms with Crippen molar-refractivity contribution in [1.82, 2.24) is 5.32 Å². The first kappa shape index (κ1) is 12.2. The summed E-state index contributed by atoms with van der Waals surface area (Å²) in [5.74, 6) is 0. The molecule has 0 aromatic rings. The van der Waals surface area contributed by atoms with Gasteiger partial charge in [-0.1, -0.05) is 6.42 Å². The van der Waals surface area contributed by atoms with Crippen LogP contribution in [-0.2, 0) is 4.74 Å². The van der Waals surface area contributed by atoms with Crippen LogP contribution < -0.4 is 5.32 Å². The Morgan fingerprint density at radius 1 is 1.31 bits per heavy atom. The van der Waals surface area contributed by atoms with E-state index in [0.29, 0.717) is 13.2 Å². The second-order valence-corrected chi connectivity index (χ2v) is 2.80. The number of aliphatic hydroxyl groups excluding tert-OH is 1. The number of nitrogens with one attached hydrogen (secondary N) is 1. The molecule has 0 unspecified atom stereocenters. The summed E-state index contributed by atoms with van der Waals surface area (Å²) in [5, 5.41) is 11.0. The number of aliphatic hydroxyl groups is 1. The Kier molecular flexibility index (Phi) is 8.77. The summed E-state index contributed by atoms with van der Waals surface area (Å²) in [6, 6.07) is 0. The molecule has 78 valence electrons. The SMILES string of the molecule is CCNC(=O)OCCCCCCO. The number of unbranched alkanes of at least 4 members (excludes halogenated alkanes) is 3. The highest BCUT2D eigenvalue weighted by Gasteiger charge is 1.97. The van der Waals surface area contributed by atoms with Crippen molar-refractivity contribution in [3.05, 3.63) is 0 Å². The lowest BCUT2D eigenvalue weighted by Crippen LogP contribution is -2.23. The van der Waals surface area contributed by atoms with E-state index in [4.69, 9.17) is 9.84 Å². The number of hydrogen-bond donors (Lipinski definition) is 2. The topological polar surface area (TPSA) is 58.6 Å². The summed E-state index contributed by atoms with van der Waals surface area (Å²) in [4.78, 5) is 10.8. The monoisotopic (exact) mass is 189 g/mol. The van der Waals surface area contributed by atoms with Crippen LogP contribution in [-0.4, -0.2) is 31.0 Å². The Morgan fingerprint density at radius 3 is 2.62 bits per heavy atom. The standard InChI is InChI=1S/C9H19NO3/c1-2-10-9(12)13-8-6-4-3-5-7-11/h11H,2-8H2,1H3,(H,10,12). The van der Waals surface area contributed by atoms with Crippen LogP contribution in [0.1, 0.15) is 32.6 Å². The predicted octanol–water partition coefficient (Wildman–Crippen LogP) is 1.29. The quantitative estimate of drug-likeness (QED) is 0.593. The van der Waals surface area contributed by atoms with Gasteiger partial charge >= 0.3 is 6.09 Å². The fourth-order valence-corrected chi connectivity index (χ4v) is 0.928. The molecular weight excluding hydrogens is 170 g/mol. The van der Waals surface area contributed by atoms with Crippen molar-refractivity contribution in [2.45, 2.75) is 32.6 Å². The molecule has 0 saturated heterocycles. The van der Waals surface area contributed by atoms with Crippen LogP contribution in [0, 0.1) is 0 Å². The number of alkyl carbamates (subject to hydrolysis) is 1. The maximum atomic E-state index is 10.8. The summed E-state index contributed by atoms with van der Waals surface area (Å²) in [6.45, 7) is 3.17. The largest absolute Gasteiger partial charge is 0.450 e. The minimum atomic E-state index is -0.343. The number of carbonyl (C=O) groups excluding carboxylic acids is 1. The third kappa shape index (κ3) is 9.14. The van der Waals surface area contributed by atoms with Gasteiger partial charge in [-0.15, -0.1) is 0 Å². The van der Waals surface area contributed by atoms with E-state index in [1.165, 1.54) is 0 Å². The lowest BCUT2D eigenvalue weighted by Gasteiger charge is -2.04. The number of amides is 1. The lowest BCUT2D eigenvalue weighted by atomic mass is 10.2. The molecule has 0 heterocycles. The van der Waals surface area contributed by atoms with Gasteiger partial charge in [-0.3, -0.25) is 0 Å². The minimum Gasteiger partial charge on any atom is -0.450 e. The maximum absolute atomic E-state index is 10.8. The summed E-state index contributed by atoms with van der Waals surface area (Å²) >= 11 is 0. The van der Waals surface area contributed by atoms with Crippen molar-refractivity contribution in [1.29, 1.82) is 0 Å². The molecule has 0 aromatic carbocycles. The summed E-state index contributed by atoms with van der Waals surface area (Å²) in [5.41, 5.74) is 0. The third-order valence-electron chi connectivity index (χ3n) is 1.61. The number of hydrogen-bond acceptors (Lipinski definition) is 3. The predicted molar refractivity (Wildman–Crippen MR) is 50.6 cm³/mol. The fraction of sp³-hybridized carbons (Fsp3) is 0.889. The lowest BCUT2D eigenvalue weighted by molar-refractivity contribution is 0.144. The van der Waals surface area contributed by atoms with Crippen LogP contribution in [0.4, 0.5) is 4.79 Å². The molecular formula is C9H19NO3. The van der Waals surface area contributed by atoms with Gasteiger partial charge in [0.1, 0.15) is 0 Å². The van der Waals surface area contributed by atoms with E-state index in [-0.39, 0.29) is 12.7 Å². The molecule has 0 spiro atoms. The normalized spacial score (nSPS) is 9.69. The second-order valence-electron chi connectivity index (χ2n) is 2.80. The van der Waals surface area contributed by atoms with Gasteiger partial charge in [0.25, 0.3) is 0 Å². The van der Waals surface area contributed by atoms with Gasteiger partial charge in [0.05, 0.1) is 6.61 Å². The molecule has 0 aliphatic carbocycles. The van der Waals surface area contributed by atoms with Gasteiger partial charge in [-0.2, -0.15) is 0 Å². The molecule has 0 bridgehead atoms. The van der Waals surface area contributed by atoms with E-state index in [0.717, 1.165) is 25.7 Å². The smallest absolute Gasteiger partial charge is 0.407 e. The van der Waals surface area contributed by atoms with Gasteiger partial charge in [-0.05, 0) is 26.2 Å². The molecule has 4 nitrogen and oxygen atoms in total. The van der Waals surface area contributed by atoms with Gasteiger partial charge in [0.15, 0.2) is 0 Å². The second kappa shape index (κ2) is 9.32. The highest BCUT2D eigenvalue weighted by molar-refractivity contribution is 5.66. The van der Waals surface area contributed by atoms with Crippen LogP contribution in [0.25, 0.3) is 0 Å². The van der Waals surface area contributed by atoms with E-state index in [2.05, 4.69) is 5.32 Å². The van der Waals surface area contributed by atoms with Crippen molar-refractivity contribution in [3.63, 3.8) is 0 Å². The van der Waals surface area contributed by atoms with Crippen molar-refractivity contribution in [2.75, 3.05) is 19.8 Å². The van der Waals surface area contributed by atoms with Crippen molar-refractivity contribution >= 4 is 6.09 Å². The molecule has 13 heavy (non-hydrogen) atoms. The average Bonchev–Trinajstić information content (AvgIpc) is 2.11. The fourth-order valence-electron chi connectivity index (χ4n) is 0.928. The van der Waals surface area contributed by atoms with Crippen LogP contribution in [0.5, 0.6) is 0 Å². The van der Waals surface area contributed by atoms with E-state index in [1.54, 1.807) is 0 Å². The average molecular weight is 189 g/mol. The van der Waals surface area contributed by atoms with E-state index >= 15 is 0 Å². The highest BCUT2D eigenvalue weighted by atomic mass is 16.5. The zero-order valence-electron chi connectivity index (χ0n) is 8.21. The molecule has 0 atom stereocenters. The first-order valence-corrected chi connectivity index (χ1v) is 4.82. The maximum Gasteiger partial charge on any atom is 0.407 e. The first-order valence-electron chi connectivity index (χ1n) is 4.82. The first-order chi connectivity index (χ1) is 6.31. The third-order valence-corrected chi connectivity index (χ3v) is 1.61. The Morgan fingerprint density at radius 2 is 2.00 bits per heavy atom. The van der Waals surface area contributed by atoms with Crippen molar-refractivity contribution < 1.29 is 14.6 Å². The molecule has 0 aliphatic rings. The zero-order chi connectivity index (χ0) is 9.94. The number of ether oxygens (including phenoxy) is 1. The summed E-state index contributed by atoms with van der Waals surface area (Å²) in [6.07, 6.45) is 3.36. The Bertz CT molecular complexity index is 128. The van der Waals surface area contributed by atoms with Crippen molar-refractivity contribution in [2.24, 2.45) is 0 Å². The summed E-state index contributed by atoms with van der Waals surface area (Å²) in [7, 11) is 0. The number of carbonyl (C=O) groups is 1. The molecule has 4 heteroatoms. The van der Waals surface area contributed by atoms with Crippen molar-refractivity contribution in [3.8, 4) is 0 Å². The Balaban J connectivity index is 3.02. The van der Waals surface area contributed by atoms with Crippen LogP contribution in [0.3, 0.4) is 0 Å². The van der Waals surface area contributed by atoms with Crippen LogP contribution in [0.15, 0.2) is 0 Å². The van der Waals surface area contributed by atoms with E-state index in [9.17, 15) is 4.79 Å². The molecule has 0 rings (SSSR count). The molecule has 0 radical (unpaired) electrons. The Hall–Kier alpha value is -0.770. The van der Waals surface area contributed by atoms with Gasteiger partial charge in [0, 0.05) is 13.2 Å². The highest BCUT2D eigenvalue weighted by Crippen LogP contribution is 1.98. The number of rotatable bonds is 7. The van der Waals surface area contributed by atoms with Crippen LogP contribution in [0.2, 0.25) is 0 Å². The molecule has 0 saturated carbocycles. The molecule has 0 aromatic heterocycles. The minimum absolute atomic E-state index is 0.247. The summed E-state index contributed by atoms with van der Waals surface area (Å²) < 4.78 is 4.85. The van der Waals surface area contributed by atoms with Crippen LogP contribution >= 0.6 is 0 Å². The molecule has 0 fully saturated rings. The Labute approximate surface area is 79.3 Å². The van der Waals surface area contributed by atoms with E-state index in [1.807, 2.05) is 6.92 Å². The van der Waals surface area contributed by atoms with Gasteiger partial charge in [0.2, 0.25) is 0 Å².